The Balaban J connectivity index is 1.31. The van der Waals surface area contributed by atoms with Crippen LogP contribution in [0.25, 0.3) is 0 Å². The van der Waals surface area contributed by atoms with Crippen molar-refractivity contribution < 1.29 is 22.7 Å². The number of aromatic nitrogens is 2. The van der Waals surface area contributed by atoms with Gasteiger partial charge in [-0.1, -0.05) is 18.9 Å². The van der Waals surface area contributed by atoms with E-state index in [1.807, 2.05) is 6.07 Å². The van der Waals surface area contributed by atoms with Crippen molar-refractivity contribution in [2.24, 2.45) is 5.92 Å². The molecule has 2 N–H and O–H groups in total. The van der Waals surface area contributed by atoms with Crippen LogP contribution in [0.3, 0.4) is 0 Å². The fourth-order valence-electron chi connectivity index (χ4n) is 5.38. The fraction of sp³-hybridized carbons (Fsp3) is 0.560. The molecule has 4 aliphatic rings. The third-order valence-corrected chi connectivity index (χ3v) is 8.20. The van der Waals surface area contributed by atoms with Gasteiger partial charge in [-0.05, 0) is 61.3 Å². The average Bonchev–Trinajstić information content (AvgIpc) is 3.69. The molecule has 1 aliphatic heterocycles. The Morgan fingerprint density at radius 2 is 2.09 bits per heavy atom. The van der Waals surface area contributed by atoms with E-state index in [1.165, 1.54) is 18.4 Å². The number of hydrogen-bond acceptors (Lipinski definition) is 6. The van der Waals surface area contributed by atoms with E-state index < -0.39 is 27.0 Å². The van der Waals surface area contributed by atoms with Crippen LogP contribution in [0, 0.1) is 5.92 Å². The smallest absolute Gasteiger partial charge is 0.257 e. The first-order valence-corrected chi connectivity index (χ1v) is 14.4. The summed E-state index contributed by atoms with van der Waals surface area (Å²) in [5.74, 6) is 0.235. The Bertz CT molecular complexity index is 1330. The van der Waals surface area contributed by atoms with Crippen molar-refractivity contribution in [2.75, 3.05) is 17.3 Å². The van der Waals surface area contributed by atoms with Crippen molar-refractivity contribution in [3.05, 3.63) is 40.6 Å². The van der Waals surface area contributed by atoms with Gasteiger partial charge in [0.05, 0.1) is 17.3 Å². The molecule has 0 radical (unpaired) electrons. The second-order valence-corrected chi connectivity index (χ2v) is 12.7. The van der Waals surface area contributed by atoms with Crippen LogP contribution < -0.4 is 15.4 Å². The monoisotopic (exact) mass is 498 g/mol. The van der Waals surface area contributed by atoms with E-state index in [2.05, 4.69) is 22.8 Å². The molecule has 2 heterocycles. The van der Waals surface area contributed by atoms with Gasteiger partial charge in [-0.15, -0.1) is 0 Å². The van der Waals surface area contributed by atoms with E-state index in [0.717, 1.165) is 49.7 Å². The number of nitrogens with one attached hydrogen (secondary N) is 2. The standard InChI is InChI=1S/C25H30N4O5S/c1-35(32,33)14-21(30)26-23-22-20(28-29(23)11-9-15-2-3-15)13-25(27-24(22)31)10-8-16-12-18(6-7-19(16)25)34-17-4-5-17/h6-7,12,15,17H,2-5,8-11,13-14H2,1H3,(H,26,30)(H,27,31)/t25-/m1/s1. The summed E-state index contributed by atoms with van der Waals surface area (Å²) in [6.45, 7) is 0.574. The van der Waals surface area contributed by atoms with Crippen molar-refractivity contribution in [2.45, 2.75) is 69.6 Å². The molecule has 1 spiro atoms. The first kappa shape index (κ1) is 22.6. The summed E-state index contributed by atoms with van der Waals surface area (Å²) in [5.41, 5.74) is 2.72. The molecule has 2 aromatic rings. The largest absolute Gasteiger partial charge is 0.490 e. The van der Waals surface area contributed by atoms with E-state index in [-0.39, 0.29) is 5.91 Å². The molecule has 1 atom stereocenters. The number of hydrogen-bond donors (Lipinski definition) is 2. The van der Waals surface area contributed by atoms with E-state index >= 15 is 0 Å². The summed E-state index contributed by atoms with van der Waals surface area (Å²) in [5, 5.41) is 10.7. The molecule has 2 saturated carbocycles. The van der Waals surface area contributed by atoms with Crippen molar-refractivity contribution in [1.29, 1.82) is 0 Å². The molecule has 9 nitrogen and oxygen atoms in total. The van der Waals surface area contributed by atoms with Gasteiger partial charge < -0.3 is 15.4 Å². The number of carbonyl (C=O) groups is 2. The lowest BCUT2D eigenvalue weighted by Gasteiger charge is -2.35. The summed E-state index contributed by atoms with van der Waals surface area (Å²) in [4.78, 5) is 25.9. The lowest BCUT2D eigenvalue weighted by molar-refractivity contribution is -0.113. The average molecular weight is 499 g/mol. The molecule has 1 aromatic carbocycles. The van der Waals surface area contributed by atoms with Crippen molar-refractivity contribution >= 4 is 27.5 Å². The van der Waals surface area contributed by atoms with Crippen LogP contribution in [0.15, 0.2) is 18.2 Å². The molecule has 3 aliphatic carbocycles. The molecule has 6 rings (SSSR count). The lowest BCUT2D eigenvalue weighted by Crippen LogP contribution is -2.49. The Morgan fingerprint density at radius 3 is 2.80 bits per heavy atom. The number of amides is 2. The van der Waals surface area contributed by atoms with Gasteiger partial charge in [-0.2, -0.15) is 5.10 Å². The quantitative estimate of drug-likeness (QED) is 0.577. The van der Waals surface area contributed by atoms with Gasteiger partial charge in [0.25, 0.3) is 5.91 Å². The summed E-state index contributed by atoms with van der Waals surface area (Å²) in [7, 11) is -3.50. The predicted molar refractivity (Wildman–Crippen MR) is 129 cm³/mol. The fourth-order valence-corrected chi connectivity index (χ4v) is 5.93. The van der Waals surface area contributed by atoms with Crippen LogP contribution in [0.1, 0.15) is 65.7 Å². The van der Waals surface area contributed by atoms with Gasteiger partial charge >= 0.3 is 0 Å². The van der Waals surface area contributed by atoms with Crippen LogP contribution in [-0.4, -0.2) is 48.1 Å². The van der Waals surface area contributed by atoms with Gasteiger partial charge in [0.2, 0.25) is 5.91 Å². The molecule has 1 aromatic heterocycles. The van der Waals surface area contributed by atoms with Crippen molar-refractivity contribution in [1.82, 2.24) is 15.1 Å². The van der Waals surface area contributed by atoms with Gasteiger partial charge in [0.15, 0.2) is 9.84 Å². The normalized spacial score (nSPS) is 23.1. The topological polar surface area (TPSA) is 119 Å². The third kappa shape index (κ3) is 4.55. The molecule has 0 bridgehead atoms. The molecule has 2 fully saturated rings. The SMILES string of the molecule is CS(=O)(=O)CC(=O)Nc1c2c(nn1CCC1CC1)C[C@@]1(CCc3cc(OC4CC4)ccc31)NC2=O. The van der Waals surface area contributed by atoms with Crippen LogP contribution >= 0.6 is 0 Å². The minimum atomic E-state index is -3.50. The maximum absolute atomic E-state index is 13.5. The van der Waals surface area contributed by atoms with Gasteiger partial charge in [0.1, 0.15) is 22.9 Å². The number of nitrogens with zero attached hydrogens (tertiary/aromatic N) is 2. The number of ether oxygens (including phenoxy) is 1. The minimum absolute atomic E-state index is 0.287. The molecular weight excluding hydrogens is 468 g/mol. The maximum Gasteiger partial charge on any atom is 0.257 e. The van der Waals surface area contributed by atoms with E-state index in [1.54, 1.807) is 4.68 Å². The lowest BCUT2D eigenvalue weighted by atomic mass is 9.82. The summed E-state index contributed by atoms with van der Waals surface area (Å²) in [6, 6.07) is 6.14. The van der Waals surface area contributed by atoms with E-state index in [0.29, 0.717) is 42.1 Å². The summed E-state index contributed by atoms with van der Waals surface area (Å²) < 4.78 is 30.9. The zero-order chi connectivity index (χ0) is 24.4. The van der Waals surface area contributed by atoms with Gasteiger partial charge in [-0.3, -0.25) is 9.59 Å². The second kappa shape index (κ2) is 8.08. The minimum Gasteiger partial charge on any atom is -0.490 e. The molecule has 2 amide bonds. The van der Waals surface area contributed by atoms with E-state index in [4.69, 9.17) is 9.84 Å². The first-order valence-electron chi connectivity index (χ1n) is 12.4. The Morgan fingerprint density at radius 1 is 1.29 bits per heavy atom. The van der Waals surface area contributed by atoms with Gasteiger partial charge in [0, 0.05) is 19.2 Å². The van der Waals surface area contributed by atoms with E-state index in [9.17, 15) is 18.0 Å². The van der Waals surface area contributed by atoms with Crippen LogP contribution in [0.5, 0.6) is 5.75 Å². The van der Waals surface area contributed by atoms with Gasteiger partial charge in [-0.25, -0.2) is 13.1 Å². The molecular formula is C25H30N4O5S. The number of benzene rings is 1. The summed E-state index contributed by atoms with van der Waals surface area (Å²) in [6.07, 6.45) is 8.96. The molecule has 0 unspecified atom stereocenters. The molecule has 186 valence electrons. The number of fused-ring (bicyclic) bond motifs is 3. The highest BCUT2D eigenvalue weighted by atomic mass is 32.2. The number of aryl methyl sites for hydroxylation is 2. The first-order chi connectivity index (χ1) is 16.7. The maximum atomic E-state index is 13.5. The number of rotatable bonds is 8. The molecule has 35 heavy (non-hydrogen) atoms. The molecule has 10 heteroatoms. The highest BCUT2D eigenvalue weighted by Crippen LogP contribution is 2.45. The Kier molecular flexibility index (Phi) is 5.21. The van der Waals surface area contributed by atoms with Crippen molar-refractivity contribution in [3.8, 4) is 5.75 Å². The number of sulfone groups is 1. The number of anilines is 1. The zero-order valence-corrected chi connectivity index (χ0v) is 20.6. The zero-order valence-electron chi connectivity index (χ0n) is 19.8. The Hall–Kier alpha value is -2.88. The molecule has 0 saturated heterocycles. The highest BCUT2D eigenvalue weighted by Gasteiger charge is 2.46. The number of carbonyl (C=O) groups excluding carboxylic acids is 2. The Labute approximate surface area is 204 Å². The second-order valence-electron chi connectivity index (χ2n) is 10.6. The van der Waals surface area contributed by atoms with Crippen LogP contribution in [-0.2, 0) is 39.6 Å². The highest BCUT2D eigenvalue weighted by molar-refractivity contribution is 7.91. The summed E-state index contributed by atoms with van der Waals surface area (Å²) >= 11 is 0. The predicted octanol–water partition coefficient (Wildman–Crippen LogP) is 2.34. The van der Waals surface area contributed by atoms with Crippen LogP contribution in [0.4, 0.5) is 5.82 Å². The van der Waals surface area contributed by atoms with Crippen LogP contribution in [0.2, 0.25) is 0 Å². The van der Waals surface area contributed by atoms with Crippen molar-refractivity contribution in [3.63, 3.8) is 0 Å². The third-order valence-electron chi connectivity index (χ3n) is 7.41.